The van der Waals surface area contributed by atoms with E-state index in [1.165, 1.54) is 11.1 Å². The monoisotopic (exact) mass is 366 g/mol. The Balaban J connectivity index is 1.73. The van der Waals surface area contributed by atoms with Crippen molar-refractivity contribution in [3.63, 3.8) is 0 Å². The predicted molar refractivity (Wildman–Crippen MR) is 109 cm³/mol. The molecule has 1 heterocycles. The molecule has 2 aromatic rings. The normalized spacial score (nSPS) is 16.5. The van der Waals surface area contributed by atoms with E-state index in [1.54, 1.807) is 0 Å². The first-order valence-electron chi connectivity index (χ1n) is 9.99. The van der Waals surface area contributed by atoms with Gasteiger partial charge < -0.3 is 9.64 Å². The van der Waals surface area contributed by atoms with Gasteiger partial charge in [-0.3, -0.25) is 9.69 Å². The maximum absolute atomic E-state index is 12.7. The Bertz CT molecular complexity index is 657. The molecule has 1 unspecified atom stereocenters. The van der Waals surface area contributed by atoms with Crippen molar-refractivity contribution in [2.24, 2.45) is 0 Å². The average molecular weight is 367 g/mol. The maximum Gasteiger partial charge on any atom is 0.251 e. The number of hydrogen-bond acceptors (Lipinski definition) is 3. The SMILES string of the molecule is CCOC(CC)C(=O)N1CCN(C(c2ccccc2)c2ccccc2)CC1. The number of carbonyl (C=O) groups is 1. The minimum Gasteiger partial charge on any atom is -0.369 e. The predicted octanol–water partition coefficient (Wildman–Crippen LogP) is 3.74. The maximum atomic E-state index is 12.7. The topological polar surface area (TPSA) is 32.8 Å². The van der Waals surface area contributed by atoms with Crippen LogP contribution in [-0.4, -0.2) is 54.6 Å². The number of rotatable bonds is 7. The van der Waals surface area contributed by atoms with Crippen molar-refractivity contribution >= 4 is 5.91 Å². The summed E-state index contributed by atoms with van der Waals surface area (Å²) in [6, 6.07) is 21.5. The first-order valence-corrected chi connectivity index (χ1v) is 9.99. The van der Waals surface area contributed by atoms with E-state index in [0.717, 1.165) is 32.6 Å². The van der Waals surface area contributed by atoms with Gasteiger partial charge in [0.2, 0.25) is 0 Å². The van der Waals surface area contributed by atoms with Crippen LogP contribution >= 0.6 is 0 Å². The number of nitrogens with zero attached hydrogens (tertiary/aromatic N) is 2. The van der Waals surface area contributed by atoms with Crippen LogP contribution < -0.4 is 0 Å². The lowest BCUT2D eigenvalue weighted by Crippen LogP contribution is -2.52. The van der Waals surface area contributed by atoms with E-state index in [4.69, 9.17) is 4.74 Å². The Labute approximate surface area is 162 Å². The summed E-state index contributed by atoms with van der Waals surface area (Å²) < 4.78 is 5.61. The summed E-state index contributed by atoms with van der Waals surface area (Å²) in [7, 11) is 0. The molecule has 1 atom stereocenters. The summed E-state index contributed by atoms with van der Waals surface area (Å²) in [5.74, 6) is 0.134. The fraction of sp³-hybridized carbons (Fsp3) is 0.435. The van der Waals surface area contributed by atoms with E-state index in [9.17, 15) is 4.79 Å². The zero-order chi connectivity index (χ0) is 19.1. The first kappa shape index (κ1) is 19.6. The summed E-state index contributed by atoms with van der Waals surface area (Å²) in [6.45, 7) is 7.75. The third-order valence-electron chi connectivity index (χ3n) is 5.24. The van der Waals surface area contributed by atoms with Crippen LogP contribution in [0.15, 0.2) is 60.7 Å². The molecule has 1 fully saturated rings. The minimum atomic E-state index is -0.305. The van der Waals surface area contributed by atoms with Gasteiger partial charge in [-0.2, -0.15) is 0 Å². The van der Waals surface area contributed by atoms with Crippen molar-refractivity contribution in [1.29, 1.82) is 0 Å². The molecule has 0 bridgehead atoms. The van der Waals surface area contributed by atoms with Crippen LogP contribution in [0.2, 0.25) is 0 Å². The molecule has 0 N–H and O–H groups in total. The highest BCUT2D eigenvalue weighted by Gasteiger charge is 2.30. The van der Waals surface area contributed by atoms with Crippen LogP contribution in [0.3, 0.4) is 0 Å². The molecular weight excluding hydrogens is 336 g/mol. The van der Waals surface area contributed by atoms with E-state index < -0.39 is 0 Å². The summed E-state index contributed by atoms with van der Waals surface area (Å²) in [4.78, 5) is 17.2. The molecular formula is C23H30N2O2. The van der Waals surface area contributed by atoms with Crippen molar-refractivity contribution in [3.8, 4) is 0 Å². The largest absolute Gasteiger partial charge is 0.369 e. The molecule has 4 heteroatoms. The van der Waals surface area contributed by atoms with Crippen LogP contribution in [0, 0.1) is 0 Å². The van der Waals surface area contributed by atoms with Gasteiger partial charge in [0.1, 0.15) is 6.10 Å². The van der Waals surface area contributed by atoms with E-state index in [2.05, 4.69) is 65.6 Å². The summed E-state index contributed by atoms with van der Waals surface area (Å²) in [5, 5.41) is 0. The van der Waals surface area contributed by atoms with E-state index in [-0.39, 0.29) is 18.1 Å². The van der Waals surface area contributed by atoms with Crippen molar-refractivity contribution in [3.05, 3.63) is 71.8 Å². The highest BCUT2D eigenvalue weighted by atomic mass is 16.5. The number of hydrogen-bond donors (Lipinski definition) is 0. The van der Waals surface area contributed by atoms with Gasteiger partial charge in [-0.15, -0.1) is 0 Å². The van der Waals surface area contributed by atoms with Crippen LogP contribution in [0.1, 0.15) is 37.4 Å². The second kappa shape index (κ2) is 9.67. The highest BCUT2D eigenvalue weighted by Crippen LogP contribution is 2.29. The third-order valence-corrected chi connectivity index (χ3v) is 5.24. The third kappa shape index (κ3) is 4.76. The van der Waals surface area contributed by atoms with Crippen molar-refractivity contribution in [1.82, 2.24) is 9.80 Å². The van der Waals surface area contributed by atoms with Gasteiger partial charge in [-0.05, 0) is 24.5 Å². The summed E-state index contributed by atoms with van der Waals surface area (Å²) in [6.07, 6.45) is 0.421. The minimum absolute atomic E-state index is 0.134. The fourth-order valence-corrected chi connectivity index (χ4v) is 3.85. The summed E-state index contributed by atoms with van der Waals surface area (Å²) >= 11 is 0. The molecule has 144 valence electrons. The number of benzene rings is 2. The molecule has 27 heavy (non-hydrogen) atoms. The lowest BCUT2D eigenvalue weighted by Gasteiger charge is -2.40. The second-order valence-corrected chi connectivity index (χ2v) is 6.94. The molecule has 1 aliphatic heterocycles. The molecule has 1 saturated heterocycles. The standard InChI is InChI=1S/C23H30N2O2/c1-3-21(27-4-2)23(26)25-17-15-24(16-18-25)22(19-11-7-5-8-12-19)20-13-9-6-10-14-20/h5-14,21-22H,3-4,15-18H2,1-2H3. The van der Waals surface area contributed by atoms with Gasteiger partial charge in [0.05, 0.1) is 6.04 Å². The molecule has 0 aliphatic carbocycles. The quantitative estimate of drug-likeness (QED) is 0.748. The first-order chi connectivity index (χ1) is 13.2. The van der Waals surface area contributed by atoms with Gasteiger partial charge >= 0.3 is 0 Å². The van der Waals surface area contributed by atoms with Crippen LogP contribution in [0.4, 0.5) is 0 Å². The van der Waals surface area contributed by atoms with E-state index >= 15 is 0 Å². The molecule has 2 aromatic carbocycles. The molecule has 1 amide bonds. The van der Waals surface area contributed by atoms with Gasteiger partial charge in [0, 0.05) is 32.8 Å². The number of amides is 1. The average Bonchev–Trinajstić information content (AvgIpc) is 2.74. The Morgan fingerprint density at radius 3 is 1.85 bits per heavy atom. The van der Waals surface area contributed by atoms with Gasteiger partial charge in [-0.1, -0.05) is 67.6 Å². The molecule has 4 nitrogen and oxygen atoms in total. The lowest BCUT2D eigenvalue weighted by molar-refractivity contribution is -0.145. The Hall–Kier alpha value is -2.17. The van der Waals surface area contributed by atoms with Crippen LogP contribution in [-0.2, 0) is 9.53 Å². The Morgan fingerprint density at radius 1 is 0.889 bits per heavy atom. The molecule has 0 saturated carbocycles. The second-order valence-electron chi connectivity index (χ2n) is 6.94. The number of carbonyl (C=O) groups excluding carboxylic acids is 1. The molecule has 0 radical (unpaired) electrons. The molecule has 0 spiro atoms. The van der Waals surface area contributed by atoms with E-state index in [0.29, 0.717) is 6.61 Å². The van der Waals surface area contributed by atoms with Crippen molar-refractivity contribution < 1.29 is 9.53 Å². The molecule has 1 aliphatic rings. The Kier molecular flexibility index (Phi) is 7.02. The fourth-order valence-electron chi connectivity index (χ4n) is 3.85. The van der Waals surface area contributed by atoms with E-state index in [1.807, 2.05) is 18.7 Å². The van der Waals surface area contributed by atoms with Gasteiger partial charge in [0.25, 0.3) is 5.91 Å². The summed E-state index contributed by atoms with van der Waals surface area (Å²) in [5.41, 5.74) is 2.59. The zero-order valence-corrected chi connectivity index (χ0v) is 16.4. The lowest BCUT2D eigenvalue weighted by atomic mass is 9.96. The van der Waals surface area contributed by atoms with Gasteiger partial charge in [0.15, 0.2) is 0 Å². The van der Waals surface area contributed by atoms with Crippen LogP contribution in [0.25, 0.3) is 0 Å². The van der Waals surface area contributed by atoms with Crippen molar-refractivity contribution in [2.75, 3.05) is 32.8 Å². The number of piperazine rings is 1. The smallest absolute Gasteiger partial charge is 0.251 e. The van der Waals surface area contributed by atoms with Crippen LogP contribution in [0.5, 0.6) is 0 Å². The Morgan fingerprint density at radius 2 is 1.41 bits per heavy atom. The number of ether oxygens (including phenoxy) is 1. The van der Waals surface area contributed by atoms with Gasteiger partial charge in [-0.25, -0.2) is 0 Å². The molecule has 0 aromatic heterocycles. The highest BCUT2D eigenvalue weighted by molar-refractivity contribution is 5.81. The zero-order valence-electron chi connectivity index (χ0n) is 16.4. The van der Waals surface area contributed by atoms with Crippen molar-refractivity contribution in [2.45, 2.75) is 32.4 Å². The molecule has 3 rings (SSSR count).